The number of aliphatic hydroxyl groups is 2. The van der Waals surface area contributed by atoms with Crippen molar-refractivity contribution in [3.05, 3.63) is 107 Å². The molecular formula is C36H30Cl2N10Na2O12S4. The molecule has 6 rings (SSSR count). The molecule has 0 atom stereocenters. The van der Waals surface area contributed by atoms with Crippen LogP contribution >= 0.6 is 35.2 Å². The van der Waals surface area contributed by atoms with E-state index in [4.69, 9.17) is 33.4 Å². The molecule has 336 valence electrons. The normalized spacial score (nSPS) is 11.7. The number of halogens is 2. The van der Waals surface area contributed by atoms with Crippen LogP contribution in [0.4, 0.5) is 46.5 Å². The molecule has 0 saturated carbocycles. The Balaban J connectivity index is 0.00000476. The van der Waals surface area contributed by atoms with Crippen molar-refractivity contribution >= 4 is 124 Å². The van der Waals surface area contributed by atoms with Gasteiger partial charge < -0.3 is 41.3 Å². The molecule has 2 heterocycles. The zero-order valence-electron chi connectivity index (χ0n) is 34.1. The number of anilines is 8. The number of aromatic nitrogens is 6. The van der Waals surface area contributed by atoms with Crippen LogP contribution in [0.3, 0.4) is 0 Å². The number of hydrogen-bond acceptors (Lipinski definition) is 23. The van der Waals surface area contributed by atoms with Crippen molar-refractivity contribution in [2.45, 2.75) is 19.6 Å². The van der Waals surface area contributed by atoms with Gasteiger partial charge in [0.2, 0.25) is 34.4 Å². The van der Waals surface area contributed by atoms with Gasteiger partial charge in [-0.3, -0.25) is 5.04 Å². The quantitative estimate of drug-likeness (QED) is 0.0122. The molecule has 0 aliphatic carbocycles. The van der Waals surface area contributed by atoms with Crippen LogP contribution < -0.4 is 85.6 Å². The Morgan fingerprint density at radius 3 is 1.36 bits per heavy atom. The maximum absolute atomic E-state index is 12.5. The Bertz CT molecular complexity index is 3030. The van der Waals surface area contributed by atoms with E-state index in [9.17, 15) is 35.1 Å². The summed E-state index contributed by atoms with van der Waals surface area (Å²) in [5.41, 5.74) is 1.55. The van der Waals surface area contributed by atoms with Gasteiger partial charge in [-0.25, -0.2) is 25.3 Å². The summed E-state index contributed by atoms with van der Waals surface area (Å²) in [6, 6.07) is 19.6. The first-order valence-corrected chi connectivity index (χ1v) is 24.0. The van der Waals surface area contributed by atoms with Crippen molar-refractivity contribution in [3.8, 4) is 0 Å². The van der Waals surface area contributed by atoms with E-state index in [0.717, 1.165) is 6.07 Å². The minimum atomic E-state index is -5.09. The number of nitrogens with zero attached hydrogens (tertiary/aromatic N) is 6. The van der Waals surface area contributed by atoms with Gasteiger partial charge in [0, 0.05) is 27.6 Å². The predicted octanol–water partition coefficient (Wildman–Crippen LogP) is -1.82. The first-order valence-electron chi connectivity index (χ1n) is 17.8. The molecular weight excluding hydrogens is 1010 g/mol. The van der Waals surface area contributed by atoms with Crippen molar-refractivity contribution in [2.75, 3.05) is 46.0 Å². The third-order valence-corrected chi connectivity index (χ3v) is 13.6. The van der Waals surface area contributed by atoms with Gasteiger partial charge in [-0.15, -0.1) is 0 Å². The third kappa shape index (κ3) is 15.5. The number of hydrogen-bond donors (Lipinski definition) is 6. The van der Waals surface area contributed by atoms with Crippen molar-refractivity contribution in [2.24, 2.45) is 0 Å². The maximum Gasteiger partial charge on any atom is 1.00 e. The van der Waals surface area contributed by atoms with Gasteiger partial charge in [-0.2, -0.15) is 34.2 Å². The molecule has 6 aromatic rings. The van der Waals surface area contributed by atoms with Gasteiger partial charge >= 0.3 is 59.1 Å². The second-order valence-electron chi connectivity index (χ2n) is 12.6. The molecule has 4 aromatic carbocycles. The molecule has 22 nitrogen and oxygen atoms in total. The minimum absolute atomic E-state index is 0. The van der Waals surface area contributed by atoms with Gasteiger partial charge in [0.15, 0.2) is 19.7 Å². The van der Waals surface area contributed by atoms with Crippen molar-refractivity contribution < 1.29 is 114 Å². The van der Waals surface area contributed by atoms with Crippen LogP contribution in [0.25, 0.3) is 12.2 Å². The topological polar surface area (TPSA) is 333 Å². The fourth-order valence-corrected chi connectivity index (χ4v) is 9.00. The van der Waals surface area contributed by atoms with Gasteiger partial charge in [-0.05, 0) is 107 Å². The molecule has 30 heteroatoms. The van der Waals surface area contributed by atoms with Crippen LogP contribution in [0, 0.1) is 0 Å². The van der Waals surface area contributed by atoms with Crippen LogP contribution in [0.5, 0.6) is 0 Å². The summed E-state index contributed by atoms with van der Waals surface area (Å²) in [6.07, 6.45) is 2.78. The van der Waals surface area contributed by atoms with Gasteiger partial charge in [0.25, 0.3) is 0 Å². The third-order valence-electron chi connectivity index (χ3n) is 8.28. The van der Waals surface area contributed by atoms with Crippen molar-refractivity contribution in [3.63, 3.8) is 0 Å². The van der Waals surface area contributed by atoms with Gasteiger partial charge in [0.05, 0.1) is 51.4 Å². The van der Waals surface area contributed by atoms with E-state index in [-0.39, 0.29) is 119 Å². The molecule has 2 aromatic heterocycles. The molecule has 0 amide bonds. The Morgan fingerprint density at radius 1 is 0.576 bits per heavy atom. The second-order valence-corrected chi connectivity index (χ2v) is 19.6. The zero-order chi connectivity index (χ0) is 46.1. The van der Waals surface area contributed by atoms with Gasteiger partial charge in [-0.1, -0.05) is 24.3 Å². The Kier molecular flexibility index (Phi) is 20.5. The summed E-state index contributed by atoms with van der Waals surface area (Å²) in [5.74, 6) is -1.13. The Labute approximate surface area is 435 Å². The standard InChI is InChI=1S/C36H32Cl2N10O12S4.2Na/c37-31-43-33(39-23-7-11-27(12-8-23)62(52,53)17-15-49)47-35(45-31)41-25-5-3-21(29(19-25)61-60-59-51)1-2-22-4-6-26(20-30(22)64(56,57)58)42-36-46-32(38)44-34(48-36)40-24-9-13-28(14-10-24)63(54,55)18-16-50;;/h1-14,19-20,49-51H,15-18H2,(H,56,57,58)(H2,39,41,43,45,47)(H2,40,42,44,46,48);;/q;2*+1/p-2/b2-1+;;. The number of sulfone groups is 2. The van der Waals surface area contributed by atoms with Crippen LogP contribution in [0.1, 0.15) is 11.1 Å². The predicted molar refractivity (Wildman–Crippen MR) is 232 cm³/mol. The van der Waals surface area contributed by atoms with E-state index in [2.05, 4.69) is 60.5 Å². The first kappa shape index (κ1) is 55.0. The average molecular weight is 1040 g/mol. The first-order chi connectivity index (χ1) is 30.4. The molecule has 0 spiro atoms. The summed E-state index contributed by atoms with van der Waals surface area (Å²) in [7, 11) is -12.4. The summed E-state index contributed by atoms with van der Waals surface area (Å²) >= 11 is 12.8. The van der Waals surface area contributed by atoms with E-state index in [0.29, 0.717) is 34.7 Å². The van der Waals surface area contributed by atoms with Gasteiger partial charge in [0.1, 0.15) is 10.1 Å². The van der Waals surface area contributed by atoms with Crippen LogP contribution in [-0.4, -0.2) is 94.6 Å². The van der Waals surface area contributed by atoms with E-state index in [1.165, 1.54) is 78.9 Å². The second kappa shape index (κ2) is 24.6. The van der Waals surface area contributed by atoms with E-state index in [1.807, 2.05) is 0 Å². The minimum Gasteiger partial charge on any atom is -0.744 e. The Morgan fingerprint density at radius 2 is 0.955 bits per heavy atom. The van der Waals surface area contributed by atoms with Crippen LogP contribution in [-0.2, 0) is 39.2 Å². The molecule has 0 fully saturated rings. The fraction of sp³-hybridized carbons (Fsp3) is 0.111. The molecule has 6 N–H and O–H groups in total. The van der Waals surface area contributed by atoms with Crippen molar-refractivity contribution in [1.29, 1.82) is 0 Å². The van der Waals surface area contributed by atoms with E-state index < -0.39 is 59.4 Å². The number of rotatable bonds is 20. The monoisotopic (exact) mass is 1040 g/mol. The Hall–Kier alpha value is -3.62. The fourth-order valence-electron chi connectivity index (χ4n) is 5.43. The average Bonchev–Trinajstić information content (AvgIpc) is 3.22. The SMILES string of the molecule is O=S(=O)([O-])c1cc(Nc2nc(Cl)nc(Nc3ccc(S(=O)(=O)CCO)cc3)n2)ccc1/C=C/c1ccc(Nc2nc(Cl)nc(Nc3ccc(S(=O)(=O)CCO)cc3)n2)cc1SOO[O-].[Na+].[Na+]. The van der Waals surface area contributed by atoms with Crippen LogP contribution in [0.15, 0.2) is 105 Å². The zero-order valence-corrected chi connectivity index (χ0v) is 42.9. The molecule has 0 saturated heterocycles. The summed E-state index contributed by atoms with van der Waals surface area (Å²) in [6.45, 7) is -1.06. The summed E-state index contributed by atoms with van der Waals surface area (Å²) in [4.78, 5) is 24.2. The molecule has 0 aliphatic heterocycles. The molecule has 0 radical (unpaired) electrons. The smallest absolute Gasteiger partial charge is 0.744 e. The molecule has 0 unspecified atom stereocenters. The molecule has 0 bridgehead atoms. The summed E-state index contributed by atoms with van der Waals surface area (Å²) < 4.78 is 90.9. The number of benzene rings is 4. The van der Waals surface area contributed by atoms with E-state index in [1.54, 1.807) is 12.1 Å². The van der Waals surface area contributed by atoms with Crippen LogP contribution in [0.2, 0.25) is 10.6 Å². The largest absolute Gasteiger partial charge is 1.00 e. The number of aliphatic hydroxyl groups excluding tert-OH is 2. The molecule has 66 heavy (non-hydrogen) atoms. The summed E-state index contributed by atoms with van der Waals surface area (Å²) in [5, 5.41) is 43.3. The maximum atomic E-state index is 12.5. The van der Waals surface area contributed by atoms with Crippen molar-refractivity contribution in [1.82, 2.24) is 29.9 Å². The molecule has 0 aliphatic rings. The van der Waals surface area contributed by atoms with E-state index >= 15 is 0 Å². The number of nitrogens with one attached hydrogen (secondary N) is 4.